The molecule has 2 rings (SSSR count). The van der Waals surface area contributed by atoms with Crippen molar-refractivity contribution in [1.82, 2.24) is 0 Å². The van der Waals surface area contributed by atoms with E-state index in [9.17, 15) is 9.59 Å². The molecule has 0 saturated carbocycles. The lowest BCUT2D eigenvalue weighted by atomic mass is 9.88. The molecular formula is C16H16O3. The lowest BCUT2D eigenvalue weighted by Crippen LogP contribution is -2.15. The largest absolute Gasteiger partial charge is 0.481 e. The quantitative estimate of drug-likeness (QED) is 0.841. The van der Waals surface area contributed by atoms with Crippen LogP contribution in [-0.4, -0.2) is 16.9 Å². The average molecular weight is 256 g/mol. The third-order valence-corrected chi connectivity index (χ3v) is 3.36. The van der Waals surface area contributed by atoms with E-state index in [0.29, 0.717) is 17.6 Å². The maximum Gasteiger partial charge on any atom is 0.310 e. The third-order valence-electron chi connectivity index (χ3n) is 3.36. The summed E-state index contributed by atoms with van der Waals surface area (Å²) < 4.78 is 0. The monoisotopic (exact) mass is 256 g/mol. The van der Waals surface area contributed by atoms with E-state index >= 15 is 0 Å². The van der Waals surface area contributed by atoms with Crippen molar-refractivity contribution < 1.29 is 14.7 Å². The van der Waals surface area contributed by atoms with Crippen LogP contribution >= 0.6 is 0 Å². The van der Waals surface area contributed by atoms with E-state index < -0.39 is 11.9 Å². The van der Waals surface area contributed by atoms with Gasteiger partial charge in [0, 0.05) is 11.1 Å². The summed E-state index contributed by atoms with van der Waals surface area (Å²) in [7, 11) is 0. The Morgan fingerprint density at radius 1 is 1.21 bits per heavy atom. The van der Waals surface area contributed by atoms with Crippen molar-refractivity contribution in [2.24, 2.45) is 5.92 Å². The Bertz CT molecular complexity index is 553. The maximum atomic E-state index is 12.3. The standard InChI is InChI=1S/C16H16O3/c1-11(16(18)19)13-8-5-9-14(10-13)15(17)12-6-3-2-4-7-12/h2-4,6-7,9-11H,5,8H2,1H3,(H,18,19). The third kappa shape index (κ3) is 2.99. The average Bonchev–Trinajstić information content (AvgIpc) is 2.46. The molecule has 1 atom stereocenters. The Labute approximate surface area is 112 Å². The number of carboxylic acids is 1. The molecule has 1 aliphatic carbocycles. The Kier molecular flexibility index (Phi) is 3.95. The van der Waals surface area contributed by atoms with Crippen LogP contribution in [0.2, 0.25) is 0 Å². The zero-order valence-electron chi connectivity index (χ0n) is 10.8. The number of hydrogen-bond donors (Lipinski definition) is 1. The minimum absolute atomic E-state index is 0.0459. The van der Waals surface area contributed by atoms with Gasteiger partial charge >= 0.3 is 5.97 Å². The fourth-order valence-electron chi connectivity index (χ4n) is 2.14. The molecule has 0 aliphatic heterocycles. The molecule has 1 aliphatic rings. The molecule has 1 N–H and O–H groups in total. The van der Waals surface area contributed by atoms with E-state index in [1.165, 1.54) is 0 Å². The van der Waals surface area contributed by atoms with Crippen LogP contribution in [0.5, 0.6) is 0 Å². The molecule has 0 saturated heterocycles. The number of benzene rings is 1. The van der Waals surface area contributed by atoms with Gasteiger partial charge in [0.1, 0.15) is 0 Å². The number of carboxylic acid groups (broad SMARTS) is 1. The van der Waals surface area contributed by atoms with Crippen LogP contribution in [-0.2, 0) is 4.79 Å². The Balaban J connectivity index is 2.24. The van der Waals surface area contributed by atoms with Crippen molar-refractivity contribution in [1.29, 1.82) is 0 Å². The van der Waals surface area contributed by atoms with Crippen molar-refractivity contribution in [2.75, 3.05) is 0 Å². The first-order chi connectivity index (χ1) is 9.09. The summed E-state index contributed by atoms with van der Waals surface area (Å²) in [6.07, 6.45) is 5.04. The van der Waals surface area contributed by atoms with E-state index in [4.69, 9.17) is 5.11 Å². The molecule has 0 spiro atoms. The zero-order valence-corrected chi connectivity index (χ0v) is 10.8. The second-order valence-electron chi connectivity index (χ2n) is 4.67. The van der Waals surface area contributed by atoms with Crippen molar-refractivity contribution in [2.45, 2.75) is 19.8 Å². The highest BCUT2D eigenvalue weighted by molar-refractivity contribution is 6.10. The molecule has 0 aromatic heterocycles. The molecule has 0 amide bonds. The van der Waals surface area contributed by atoms with Crippen LogP contribution in [0.15, 0.2) is 53.6 Å². The van der Waals surface area contributed by atoms with Crippen LogP contribution in [0, 0.1) is 5.92 Å². The lowest BCUT2D eigenvalue weighted by Gasteiger charge is -2.16. The number of Topliss-reactive ketones (excluding diaryl/α,β-unsaturated/α-hetero) is 1. The summed E-state index contributed by atoms with van der Waals surface area (Å²) >= 11 is 0. The summed E-state index contributed by atoms with van der Waals surface area (Å²) in [6.45, 7) is 1.66. The fourth-order valence-corrected chi connectivity index (χ4v) is 2.14. The number of allylic oxidation sites excluding steroid dienone is 3. The molecule has 98 valence electrons. The number of ketones is 1. The van der Waals surface area contributed by atoms with Crippen molar-refractivity contribution in [3.63, 3.8) is 0 Å². The molecule has 19 heavy (non-hydrogen) atoms. The maximum absolute atomic E-state index is 12.3. The Morgan fingerprint density at radius 3 is 2.53 bits per heavy atom. The van der Waals surface area contributed by atoms with Crippen LogP contribution < -0.4 is 0 Å². The minimum Gasteiger partial charge on any atom is -0.481 e. The van der Waals surface area contributed by atoms with Gasteiger partial charge < -0.3 is 5.11 Å². The topological polar surface area (TPSA) is 54.4 Å². The van der Waals surface area contributed by atoms with Gasteiger partial charge in [-0.25, -0.2) is 0 Å². The normalized spacial score (nSPS) is 16.3. The van der Waals surface area contributed by atoms with Crippen LogP contribution in [0.1, 0.15) is 30.1 Å². The van der Waals surface area contributed by atoms with Gasteiger partial charge in [0.15, 0.2) is 5.78 Å². The molecule has 3 heteroatoms. The van der Waals surface area contributed by atoms with Gasteiger partial charge in [-0.15, -0.1) is 0 Å². The van der Waals surface area contributed by atoms with Gasteiger partial charge in [0.2, 0.25) is 0 Å². The first-order valence-electron chi connectivity index (χ1n) is 6.33. The highest BCUT2D eigenvalue weighted by Crippen LogP contribution is 2.25. The van der Waals surface area contributed by atoms with Gasteiger partial charge in [-0.05, 0) is 19.8 Å². The van der Waals surface area contributed by atoms with E-state index in [-0.39, 0.29) is 5.78 Å². The summed E-state index contributed by atoms with van der Waals surface area (Å²) in [5.41, 5.74) is 2.05. The van der Waals surface area contributed by atoms with Crippen LogP contribution in [0.4, 0.5) is 0 Å². The minimum atomic E-state index is -0.848. The molecule has 0 heterocycles. The first kappa shape index (κ1) is 13.3. The highest BCUT2D eigenvalue weighted by Gasteiger charge is 2.21. The highest BCUT2D eigenvalue weighted by atomic mass is 16.4. The summed E-state index contributed by atoms with van der Waals surface area (Å²) in [5.74, 6) is -1.43. The van der Waals surface area contributed by atoms with Crippen molar-refractivity contribution in [3.05, 3.63) is 59.2 Å². The second kappa shape index (κ2) is 5.65. The van der Waals surface area contributed by atoms with Crippen LogP contribution in [0.25, 0.3) is 0 Å². The van der Waals surface area contributed by atoms with Crippen molar-refractivity contribution in [3.8, 4) is 0 Å². The molecule has 0 bridgehead atoms. The van der Waals surface area contributed by atoms with Gasteiger partial charge in [0.25, 0.3) is 0 Å². The Morgan fingerprint density at radius 2 is 1.89 bits per heavy atom. The van der Waals surface area contributed by atoms with Gasteiger partial charge in [-0.3, -0.25) is 9.59 Å². The molecule has 0 radical (unpaired) electrons. The molecule has 1 unspecified atom stereocenters. The van der Waals surface area contributed by atoms with Crippen molar-refractivity contribution >= 4 is 11.8 Å². The van der Waals surface area contributed by atoms with Gasteiger partial charge in [-0.1, -0.05) is 48.1 Å². The summed E-state index contributed by atoms with van der Waals surface area (Å²) in [5, 5.41) is 9.03. The van der Waals surface area contributed by atoms with E-state index in [1.54, 1.807) is 25.1 Å². The van der Waals surface area contributed by atoms with Gasteiger partial charge in [-0.2, -0.15) is 0 Å². The van der Waals surface area contributed by atoms with E-state index in [0.717, 1.165) is 12.0 Å². The number of aliphatic carboxylic acids is 1. The number of carbonyl (C=O) groups is 2. The number of carbonyl (C=O) groups excluding carboxylic acids is 1. The van der Waals surface area contributed by atoms with E-state index in [2.05, 4.69) is 0 Å². The second-order valence-corrected chi connectivity index (χ2v) is 4.67. The van der Waals surface area contributed by atoms with Gasteiger partial charge in [0.05, 0.1) is 5.92 Å². The summed E-state index contributed by atoms with van der Waals surface area (Å²) in [4.78, 5) is 23.3. The number of rotatable bonds is 4. The molecular weight excluding hydrogens is 240 g/mol. The Hall–Kier alpha value is -2.16. The predicted molar refractivity (Wildman–Crippen MR) is 73.0 cm³/mol. The number of hydrogen-bond acceptors (Lipinski definition) is 2. The zero-order chi connectivity index (χ0) is 13.8. The molecule has 3 nitrogen and oxygen atoms in total. The smallest absolute Gasteiger partial charge is 0.310 e. The first-order valence-corrected chi connectivity index (χ1v) is 6.33. The molecule has 1 aromatic rings. The fraction of sp³-hybridized carbons (Fsp3) is 0.250. The predicted octanol–water partition coefficient (Wildman–Crippen LogP) is 3.24. The van der Waals surface area contributed by atoms with E-state index in [1.807, 2.05) is 24.3 Å². The van der Waals surface area contributed by atoms with Crippen LogP contribution in [0.3, 0.4) is 0 Å². The SMILES string of the molecule is CC(C(=O)O)C1=CC(C(=O)c2ccccc2)=CCC1. The molecule has 1 aromatic carbocycles. The molecule has 0 fully saturated rings. The summed E-state index contributed by atoms with van der Waals surface area (Å²) in [6, 6.07) is 9.04. The lowest BCUT2D eigenvalue weighted by molar-refractivity contribution is -0.139.